The van der Waals surface area contributed by atoms with E-state index >= 15 is 0 Å². The van der Waals surface area contributed by atoms with Crippen LogP contribution >= 0.6 is 11.3 Å². The highest BCUT2D eigenvalue weighted by atomic mass is 32.1. The van der Waals surface area contributed by atoms with Gasteiger partial charge >= 0.3 is 0 Å². The van der Waals surface area contributed by atoms with Gasteiger partial charge < -0.3 is 10.6 Å². The Bertz CT molecular complexity index is 702. The van der Waals surface area contributed by atoms with Crippen molar-refractivity contribution < 1.29 is 0 Å². The van der Waals surface area contributed by atoms with Crippen molar-refractivity contribution in [2.24, 2.45) is 10.9 Å². The summed E-state index contributed by atoms with van der Waals surface area (Å²) >= 11 is 1.74. The Labute approximate surface area is 172 Å². The third kappa shape index (κ3) is 6.91. The summed E-state index contributed by atoms with van der Waals surface area (Å²) in [6.07, 6.45) is 7.28. The smallest absolute Gasteiger partial charge is 0.191 e. The van der Waals surface area contributed by atoms with Gasteiger partial charge in [-0.3, -0.25) is 14.6 Å². The summed E-state index contributed by atoms with van der Waals surface area (Å²) in [4.78, 5) is 11.9. The first-order valence-electron chi connectivity index (χ1n) is 10.4. The minimum atomic E-state index is 0.674. The minimum Gasteiger partial charge on any atom is -0.357 e. The topological polar surface area (TPSA) is 70.4 Å². The van der Waals surface area contributed by atoms with Gasteiger partial charge in [-0.15, -0.1) is 11.3 Å². The van der Waals surface area contributed by atoms with Gasteiger partial charge in [0.25, 0.3) is 0 Å². The molecule has 0 radical (unpaired) electrons. The van der Waals surface area contributed by atoms with Crippen LogP contribution in [0, 0.1) is 12.8 Å². The van der Waals surface area contributed by atoms with Crippen LogP contribution in [0.3, 0.4) is 0 Å². The van der Waals surface area contributed by atoms with Gasteiger partial charge in [-0.05, 0) is 58.2 Å². The first-order chi connectivity index (χ1) is 13.7. The third-order valence-corrected chi connectivity index (χ3v) is 5.85. The number of hydrogen-bond acceptors (Lipinski definition) is 5. The van der Waals surface area contributed by atoms with Gasteiger partial charge in [0.15, 0.2) is 5.96 Å². The number of hydrogen-bond donors (Lipinski definition) is 2. The number of guanidine groups is 1. The molecule has 3 rings (SSSR count). The average Bonchev–Trinajstić information content (AvgIpc) is 3.36. The van der Waals surface area contributed by atoms with Crippen LogP contribution in [0.4, 0.5) is 0 Å². The summed E-state index contributed by atoms with van der Waals surface area (Å²) in [5.74, 6) is 1.61. The number of thiazole rings is 1. The van der Waals surface area contributed by atoms with E-state index in [1.54, 1.807) is 11.3 Å². The Kier molecular flexibility index (Phi) is 8.29. The van der Waals surface area contributed by atoms with Crippen LogP contribution in [0.5, 0.6) is 0 Å². The van der Waals surface area contributed by atoms with Crippen LogP contribution in [0.1, 0.15) is 36.9 Å². The molecule has 0 unspecified atom stereocenters. The molecular formula is C20H33N7S. The molecule has 2 N–H and O–H groups in total. The summed E-state index contributed by atoms with van der Waals surface area (Å²) in [6, 6.07) is 1.96. The van der Waals surface area contributed by atoms with E-state index in [1.807, 2.05) is 23.1 Å². The number of nitrogens with zero attached hydrogens (tertiary/aromatic N) is 5. The molecule has 1 saturated heterocycles. The normalized spacial score (nSPS) is 16.4. The molecule has 3 heterocycles. The Morgan fingerprint density at radius 1 is 1.32 bits per heavy atom. The van der Waals surface area contributed by atoms with E-state index in [0.29, 0.717) is 5.92 Å². The van der Waals surface area contributed by atoms with Gasteiger partial charge in [-0.25, -0.2) is 4.98 Å². The van der Waals surface area contributed by atoms with Crippen LogP contribution in [0.15, 0.2) is 28.8 Å². The zero-order valence-corrected chi connectivity index (χ0v) is 17.9. The SMILES string of the molecule is CCNC(=NCC1CCN(Cc2csc(C)n2)CC1)NCCCn1cccn1. The van der Waals surface area contributed by atoms with Crippen molar-refractivity contribution in [2.45, 2.75) is 46.2 Å². The maximum atomic E-state index is 4.83. The van der Waals surface area contributed by atoms with Crippen LogP contribution in [-0.2, 0) is 13.1 Å². The van der Waals surface area contributed by atoms with Crippen molar-refractivity contribution in [2.75, 3.05) is 32.7 Å². The van der Waals surface area contributed by atoms with Crippen molar-refractivity contribution in [3.63, 3.8) is 0 Å². The molecule has 28 heavy (non-hydrogen) atoms. The fraction of sp³-hybridized carbons (Fsp3) is 0.650. The van der Waals surface area contributed by atoms with Crippen molar-refractivity contribution in [3.8, 4) is 0 Å². The number of likely N-dealkylation sites (tertiary alicyclic amines) is 1. The van der Waals surface area contributed by atoms with Crippen molar-refractivity contribution >= 4 is 17.3 Å². The highest BCUT2D eigenvalue weighted by Gasteiger charge is 2.19. The third-order valence-electron chi connectivity index (χ3n) is 5.03. The van der Waals surface area contributed by atoms with Gasteiger partial charge in [0.2, 0.25) is 0 Å². The molecule has 0 amide bonds. The summed E-state index contributed by atoms with van der Waals surface area (Å²) in [5.41, 5.74) is 1.22. The van der Waals surface area contributed by atoms with Crippen molar-refractivity contribution in [3.05, 3.63) is 34.5 Å². The summed E-state index contributed by atoms with van der Waals surface area (Å²) < 4.78 is 1.96. The van der Waals surface area contributed by atoms with Crippen LogP contribution < -0.4 is 10.6 Å². The molecular weight excluding hydrogens is 370 g/mol. The quantitative estimate of drug-likeness (QED) is 0.382. The standard InChI is InChI=1S/C20H33N7S/c1-3-21-20(22-8-4-10-27-11-5-9-24-27)23-14-18-6-12-26(13-7-18)15-19-16-28-17(2)25-19/h5,9,11,16,18H,3-4,6-8,10,12-15H2,1-2H3,(H2,21,22,23). The second-order valence-corrected chi connectivity index (χ2v) is 8.41. The molecule has 1 aliphatic heterocycles. The predicted molar refractivity (Wildman–Crippen MR) is 116 cm³/mol. The zero-order chi connectivity index (χ0) is 19.6. The molecule has 0 saturated carbocycles. The molecule has 7 nitrogen and oxygen atoms in total. The Morgan fingerprint density at radius 2 is 2.18 bits per heavy atom. The highest BCUT2D eigenvalue weighted by molar-refractivity contribution is 7.09. The molecule has 0 aromatic carbocycles. The highest BCUT2D eigenvalue weighted by Crippen LogP contribution is 2.20. The second-order valence-electron chi connectivity index (χ2n) is 7.35. The first-order valence-corrected chi connectivity index (χ1v) is 11.2. The molecule has 0 aliphatic carbocycles. The molecule has 8 heteroatoms. The molecule has 2 aromatic heterocycles. The fourth-order valence-corrected chi connectivity index (χ4v) is 4.08. The number of piperidine rings is 1. The van der Waals surface area contributed by atoms with Crippen LogP contribution in [0.2, 0.25) is 0 Å². The number of aromatic nitrogens is 3. The number of aryl methyl sites for hydroxylation is 2. The van der Waals surface area contributed by atoms with E-state index in [-0.39, 0.29) is 0 Å². The average molecular weight is 404 g/mol. The minimum absolute atomic E-state index is 0.674. The van der Waals surface area contributed by atoms with E-state index in [2.05, 4.69) is 44.8 Å². The predicted octanol–water partition coefficient (Wildman–Crippen LogP) is 2.51. The molecule has 0 bridgehead atoms. The van der Waals surface area contributed by atoms with Gasteiger partial charge in [0, 0.05) is 50.5 Å². The number of aliphatic imine (C=N–C) groups is 1. The first kappa shape index (κ1) is 20.8. The summed E-state index contributed by atoms with van der Waals surface area (Å²) in [5, 5.41) is 14.4. The van der Waals surface area contributed by atoms with E-state index in [4.69, 9.17) is 4.99 Å². The van der Waals surface area contributed by atoms with Gasteiger partial charge in [0.1, 0.15) is 0 Å². The lowest BCUT2D eigenvalue weighted by Crippen LogP contribution is -2.39. The Hall–Kier alpha value is -1.93. The zero-order valence-electron chi connectivity index (χ0n) is 17.1. The second kappa shape index (κ2) is 11.2. The maximum Gasteiger partial charge on any atom is 0.191 e. The summed E-state index contributed by atoms with van der Waals surface area (Å²) in [6.45, 7) is 11.1. The van der Waals surface area contributed by atoms with Gasteiger partial charge in [-0.1, -0.05) is 0 Å². The fourth-order valence-electron chi connectivity index (χ4n) is 3.48. The largest absolute Gasteiger partial charge is 0.357 e. The van der Waals surface area contributed by atoms with E-state index in [9.17, 15) is 0 Å². The lowest BCUT2D eigenvalue weighted by atomic mass is 9.97. The van der Waals surface area contributed by atoms with Crippen molar-refractivity contribution in [1.82, 2.24) is 30.3 Å². The Morgan fingerprint density at radius 3 is 2.86 bits per heavy atom. The van der Waals surface area contributed by atoms with E-state index in [1.165, 1.54) is 18.5 Å². The molecule has 1 fully saturated rings. The monoisotopic (exact) mass is 403 g/mol. The van der Waals surface area contributed by atoms with Crippen LogP contribution in [0.25, 0.3) is 0 Å². The number of rotatable bonds is 9. The Balaban J connectivity index is 1.35. The summed E-state index contributed by atoms with van der Waals surface area (Å²) in [7, 11) is 0. The lowest BCUT2D eigenvalue weighted by molar-refractivity contribution is 0.179. The maximum absolute atomic E-state index is 4.83. The molecule has 2 aromatic rings. The number of nitrogens with one attached hydrogen (secondary N) is 2. The lowest BCUT2D eigenvalue weighted by Gasteiger charge is -2.30. The van der Waals surface area contributed by atoms with Gasteiger partial charge in [-0.2, -0.15) is 5.10 Å². The van der Waals surface area contributed by atoms with E-state index in [0.717, 1.165) is 63.2 Å². The van der Waals surface area contributed by atoms with Crippen molar-refractivity contribution in [1.29, 1.82) is 0 Å². The van der Waals surface area contributed by atoms with Crippen LogP contribution in [-0.4, -0.2) is 58.3 Å². The molecule has 0 spiro atoms. The van der Waals surface area contributed by atoms with Gasteiger partial charge in [0.05, 0.1) is 10.7 Å². The molecule has 0 atom stereocenters. The van der Waals surface area contributed by atoms with E-state index < -0.39 is 0 Å². The molecule has 154 valence electrons. The molecule has 1 aliphatic rings.